The van der Waals surface area contributed by atoms with Crippen molar-refractivity contribution < 1.29 is 13.9 Å². The molecule has 0 radical (unpaired) electrons. The van der Waals surface area contributed by atoms with Crippen LogP contribution in [0.1, 0.15) is 61.0 Å². The first-order valence-corrected chi connectivity index (χ1v) is 13.4. The highest BCUT2D eigenvalue weighted by atomic mass is 79.9. The Bertz CT molecular complexity index is 1020. The topological polar surface area (TPSA) is 70.6 Å². The molecule has 3 heterocycles. The van der Waals surface area contributed by atoms with Crippen LogP contribution in [0.2, 0.25) is 0 Å². The van der Waals surface area contributed by atoms with Gasteiger partial charge in [0.1, 0.15) is 18.3 Å². The fraction of sp³-hybridized carbons (Fsp3) is 0.577. The number of piperazine rings is 1. The summed E-state index contributed by atoms with van der Waals surface area (Å²) in [4.78, 5) is 26.6. The Morgan fingerprint density at radius 1 is 1.17 bits per heavy atom. The first kappa shape index (κ1) is 24.6. The minimum Gasteiger partial charge on any atom is -0.381 e. The van der Waals surface area contributed by atoms with Gasteiger partial charge in [0, 0.05) is 62.0 Å². The third-order valence-corrected chi connectivity index (χ3v) is 8.07. The SMILES string of the molecule is C[C@@H]1C[C@@H](F)c2ncnc(N3CCN(C(=O)[C@H](CNC4CCOCC4)c4ccc(Br)cc4)CC3)c21. The van der Waals surface area contributed by atoms with Crippen molar-refractivity contribution in [3.8, 4) is 0 Å². The molecule has 0 spiro atoms. The van der Waals surface area contributed by atoms with Crippen molar-refractivity contribution in [2.75, 3.05) is 50.8 Å². The number of nitrogens with one attached hydrogen (secondary N) is 1. The largest absolute Gasteiger partial charge is 0.381 e. The van der Waals surface area contributed by atoms with E-state index < -0.39 is 6.17 Å². The van der Waals surface area contributed by atoms with Gasteiger partial charge in [0.2, 0.25) is 5.91 Å². The van der Waals surface area contributed by atoms with Crippen molar-refractivity contribution in [3.63, 3.8) is 0 Å². The Morgan fingerprint density at radius 2 is 1.89 bits per heavy atom. The lowest BCUT2D eigenvalue weighted by Gasteiger charge is -2.38. The fourth-order valence-corrected chi connectivity index (χ4v) is 5.77. The number of rotatable bonds is 6. The second-order valence-corrected chi connectivity index (χ2v) is 10.7. The zero-order chi connectivity index (χ0) is 24.4. The van der Waals surface area contributed by atoms with Crippen molar-refractivity contribution in [1.29, 1.82) is 0 Å². The number of halogens is 2. The van der Waals surface area contributed by atoms with Crippen LogP contribution in [0.5, 0.6) is 0 Å². The molecule has 1 amide bonds. The number of anilines is 1. The van der Waals surface area contributed by atoms with Gasteiger partial charge in [-0.25, -0.2) is 14.4 Å². The first-order chi connectivity index (χ1) is 17.0. The maximum absolute atomic E-state index is 14.4. The summed E-state index contributed by atoms with van der Waals surface area (Å²) in [7, 11) is 0. The number of ether oxygens (including phenoxy) is 1. The summed E-state index contributed by atoms with van der Waals surface area (Å²) in [6, 6.07) is 8.45. The molecule has 1 aromatic heterocycles. The smallest absolute Gasteiger partial charge is 0.231 e. The third kappa shape index (κ3) is 5.37. The average Bonchev–Trinajstić information content (AvgIpc) is 3.19. The standard InChI is InChI=1S/C26H33BrFN5O2/c1-17-14-22(28)24-23(17)25(31-16-30-24)32-8-10-33(11-9-32)26(34)21(18-2-4-19(27)5-3-18)15-29-20-6-12-35-13-7-20/h2-5,16-17,20-22,29H,6-15H2,1H3/t17-,21-,22-/m1/s1. The number of carbonyl (C=O) groups excluding carboxylic acids is 1. The number of fused-ring (bicyclic) bond motifs is 1. The number of nitrogens with zero attached hydrogens (tertiary/aromatic N) is 4. The summed E-state index contributed by atoms with van der Waals surface area (Å²) in [5, 5.41) is 3.62. The Labute approximate surface area is 214 Å². The summed E-state index contributed by atoms with van der Waals surface area (Å²) in [5.41, 5.74) is 2.50. The fourth-order valence-electron chi connectivity index (χ4n) is 5.50. The zero-order valence-electron chi connectivity index (χ0n) is 20.1. The Kier molecular flexibility index (Phi) is 7.65. The van der Waals surface area contributed by atoms with E-state index >= 15 is 0 Å². The second-order valence-electron chi connectivity index (χ2n) is 9.81. The second kappa shape index (κ2) is 10.9. The van der Waals surface area contributed by atoms with Crippen LogP contribution >= 0.6 is 15.9 Å². The highest BCUT2D eigenvalue weighted by Crippen LogP contribution is 2.44. The van der Waals surface area contributed by atoms with Gasteiger partial charge in [-0.2, -0.15) is 0 Å². The maximum Gasteiger partial charge on any atom is 0.231 e. The molecule has 1 aromatic carbocycles. The van der Waals surface area contributed by atoms with E-state index in [9.17, 15) is 9.18 Å². The number of benzene rings is 1. The molecule has 3 atom stereocenters. The zero-order valence-corrected chi connectivity index (χ0v) is 21.7. The number of amides is 1. The maximum atomic E-state index is 14.4. The molecule has 2 fully saturated rings. The van der Waals surface area contributed by atoms with Crippen molar-refractivity contribution in [2.24, 2.45) is 0 Å². The molecule has 35 heavy (non-hydrogen) atoms. The van der Waals surface area contributed by atoms with E-state index in [2.05, 4.69) is 36.1 Å². The van der Waals surface area contributed by atoms with Gasteiger partial charge >= 0.3 is 0 Å². The molecule has 0 unspecified atom stereocenters. The summed E-state index contributed by atoms with van der Waals surface area (Å²) in [6.07, 6.45) is 2.87. The van der Waals surface area contributed by atoms with Gasteiger partial charge in [0.15, 0.2) is 0 Å². The van der Waals surface area contributed by atoms with Crippen LogP contribution in [0.15, 0.2) is 35.1 Å². The lowest BCUT2D eigenvalue weighted by molar-refractivity contribution is -0.133. The van der Waals surface area contributed by atoms with Crippen LogP contribution in [0.4, 0.5) is 10.2 Å². The summed E-state index contributed by atoms with van der Waals surface area (Å²) >= 11 is 3.50. The van der Waals surface area contributed by atoms with Gasteiger partial charge < -0.3 is 19.9 Å². The number of alkyl halides is 1. The molecule has 2 aromatic rings. The van der Waals surface area contributed by atoms with Crippen molar-refractivity contribution in [2.45, 2.75) is 50.2 Å². The Balaban J connectivity index is 1.27. The van der Waals surface area contributed by atoms with Gasteiger partial charge in [-0.05, 0) is 42.9 Å². The lowest BCUT2D eigenvalue weighted by Crippen LogP contribution is -2.51. The molecule has 1 aliphatic carbocycles. The number of aromatic nitrogens is 2. The molecule has 5 rings (SSSR count). The molecule has 2 aliphatic heterocycles. The Morgan fingerprint density at radius 3 is 2.60 bits per heavy atom. The highest BCUT2D eigenvalue weighted by molar-refractivity contribution is 9.10. The van der Waals surface area contributed by atoms with E-state index in [1.807, 2.05) is 36.1 Å². The van der Waals surface area contributed by atoms with Crippen LogP contribution < -0.4 is 10.2 Å². The van der Waals surface area contributed by atoms with Crippen molar-refractivity contribution in [1.82, 2.24) is 20.2 Å². The van der Waals surface area contributed by atoms with Gasteiger partial charge in [-0.15, -0.1) is 0 Å². The molecule has 0 bridgehead atoms. The monoisotopic (exact) mass is 545 g/mol. The van der Waals surface area contributed by atoms with E-state index in [0.29, 0.717) is 50.9 Å². The van der Waals surface area contributed by atoms with Crippen LogP contribution in [0, 0.1) is 0 Å². The number of hydrogen-bond acceptors (Lipinski definition) is 6. The van der Waals surface area contributed by atoms with Crippen LogP contribution in [-0.4, -0.2) is 72.8 Å². The molecule has 7 nitrogen and oxygen atoms in total. The van der Waals surface area contributed by atoms with E-state index in [-0.39, 0.29) is 17.7 Å². The van der Waals surface area contributed by atoms with Crippen molar-refractivity contribution >= 4 is 27.7 Å². The Hall–Kier alpha value is -2.10. The quantitative estimate of drug-likeness (QED) is 0.592. The first-order valence-electron chi connectivity index (χ1n) is 12.6. The average molecular weight is 546 g/mol. The molecule has 0 saturated carbocycles. The molecule has 2 saturated heterocycles. The predicted molar refractivity (Wildman–Crippen MR) is 136 cm³/mol. The summed E-state index contributed by atoms with van der Waals surface area (Å²) in [6.45, 7) is 6.79. The lowest BCUT2D eigenvalue weighted by atomic mass is 9.96. The van der Waals surface area contributed by atoms with Gasteiger partial charge in [-0.3, -0.25) is 4.79 Å². The minimum absolute atomic E-state index is 0.105. The summed E-state index contributed by atoms with van der Waals surface area (Å²) < 4.78 is 20.9. The van der Waals surface area contributed by atoms with E-state index in [0.717, 1.165) is 47.5 Å². The molecule has 1 N–H and O–H groups in total. The molecule has 9 heteroatoms. The third-order valence-electron chi connectivity index (χ3n) is 7.54. The van der Waals surface area contributed by atoms with Crippen LogP contribution in [-0.2, 0) is 9.53 Å². The minimum atomic E-state index is -1.01. The molecular weight excluding hydrogens is 513 g/mol. The number of carbonyl (C=O) groups is 1. The van der Waals surface area contributed by atoms with E-state index in [1.165, 1.54) is 6.33 Å². The van der Waals surface area contributed by atoms with Gasteiger partial charge in [0.25, 0.3) is 0 Å². The highest BCUT2D eigenvalue weighted by Gasteiger charge is 2.36. The van der Waals surface area contributed by atoms with Gasteiger partial charge in [0.05, 0.1) is 11.6 Å². The van der Waals surface area contributed by atoms with Crippen molar-refractivity contribution in [3.05, 3.63) is 51.9 Å². The summed E-state index contributed by atoms with van der Waals surface area (Å²) in [5.74, 6) is 0.846. The van der Waals surface area contributed by atoms with Crippen LogP contribution in [0.25, 0.3) is 0 Å². The number of hydrogen-bond donors (Lipinski definition) is 1. The predicted octanol–water partition coefficient (Wildman–Crippen LogP) is 3.96. The van der Waals surface area contributed by atoms with E-state index in [1.54, 1.807) is 0 Å². The van der Waals surface area contributed by atoms with Crippen LogP contribution in [0.3, 0.4) is 0 Å². The molecular formula is C26H33BrFN5O2. The molecule has 3 aliphatic rings. The van der Waals surface area contributed by atoms with E-state index in [4.69, 9.17) is 4.74 Å². The molecule has 188 valence electrons. The normalized spacial score (nSPS) is 23.9. The van der Waals surface area contributed by atoms with Gasteiger partial charge in [-0.1, -0.05) is 35.0 Å².